The molecule has 15 heavy (non-hydrogen) atoms. The Hall–Kier alpha value is -2.01. The van der Waals surface area contributed by atoms with Crippen LogP contribution in [-0.2, 0) is 6.54 Å². The van der Waals surface area contributed by atoms with Gasteiger partial charge in [0.15, 0.2) is 5.82 Å². The van der Waals surface area contributed by atoms with E-state index in [1.165, 1.54) is 0 Å². The van der Waals surface area contributed by atoms with Crippen LogP contribution in [0, 0.1) is 0 Å². The monoisotopic (exact) mass is 201 g/mol. The molecule has 0 amide bonds. The number of aromatic nitrogens is 3. The van der Waals surface area contributed by atoms with E-state index in [9.17, 15) is 0 Å². The van der Waals surface area contributed by atoms with Crippen LogP contribution in [0.1, 0.15) is 5.56 Å². The Morgan fingerprint density at radius 1 is 1.20 bits per heavy atom. The molecule has 0 aliphatic rings. The van der Waals surface area contributed by atoms with Crippen LogP contribution in [-0.4, -0.2) is 15.0 Å². The third kappa shape index (κ3) is 1.92. The molecule has 0 aliphatic carbocycles. The van der Waals surface area contributed by atoms with E-state index in [1.54, 1.807) is 12.4 Å². The Morgan fingerprint density at radius 2 is 2.07 bits per heavy atom. The third-order valence-electron chi connectivity index (χ3n) is 2.01. The first-order valence-corrected chi connectivity index (χ1v) is 4.54. The predicted octanol–water partition coefficient (Wildman–Crippen LogP) is 0.579. The van der Waals surface area contributed by atoms with E-state index in [0.717, 1.165) is 5.56 Å². The van der Waals surface area contributed by atoms with Crippen molar-refractivity contribution < 1.29 is 0 Å². The smallest absolute Gasteiger partial charge is 0.180 e. The van der Waals surface area contributed by atoms with Crippen molar-refractivity contribution in [3.8, 4) is 11.5 Å². The molecule has 0 radical (unpaired) electrons. The molecule has 0 bridgehead atoms. The van der Waals surface area contributed by atoms with Gasteiger partial charge in [-0.3, -0.25) is 4.98 Å². The van der Waals surface area contributed by atoms with Crippen molar-refractivity contribution >= 4 is 5.82 Å². The zero-order valence-corrected chi connectivity index (χ0v) is 8.09. The van der Waals surface area contributed by atoms with Crippen molar-refractivity contribution in [2.45, 2.75) is 6.54 Å². The fourth-order valence-corrected chi connectivity index (χ4v) is 1.20. The highest BCUT2D eigenvalue weighted by molar-refractivity contribution is 5.52. The third-order valence-corrected chi connectivity index (χ3v) is 2.01. The molecule has 2 rings (SSSR count). The fraction of sp³-hybridized carbons (Fsp3) is 0.100. The highest BCUT2D eigenvalue weighted by Crippen LogP contribution is 2.14. The van der Waals surface area contributed by atoms with Gasteiger partial charge in [-0.05, 0) is 12.1 Å². The summed E-state index contributed by atoms with van der Waals surface area (Å²) in [5, 5.41) is 0. The Labute approximate surface area is 87.2 Å². The number of anilines is 1. The van der Waals surface area contributed by atoms with E-state index in [0.29, 0.717) is 23.9 Å². The molecule has 2 aromatic heterocycles. The quantitative estimate of drug-likeness (QED) is 0.741. The van der Waals surface area contributed by atoms with Gasteiger partial charge in [0, 0.05) is 24.5 Å². The average Bonchev–Trinajstić information content (AvgIpc) is 2.30. The molecule has 5 nitrogen and oxygen atoms in total. The van der Waals surface area contributed by atoms with Crippen molar-refractivity contribution in [1.82, 2.24) is 15.0 Å². The van der Waals surface area contributed by atoms with Crippen LogP contribution >= 0.6 is 0 Å². The number of pyridine rings is 1. The molecule has 2 aromatic rings. The number of rotatable bonds is 2. The molecule has 0 spiro atoms. The van der Waals surface area contributed by atoms with Gasteiger partial charge in [-0.25, -0.2) is 9.97 Å². The number of nitrogen functional groups attached to an aromatic ring is 1. The first kappa shape index (κ1) is 9.54. The number of hydrogen-bond donors (Lipinski definition) is 2. The zero-order valence-electron chi connectivity index (χ0n) is 8.09. The lowest BCUT2D eigenvalue weighted by molar-refractivity contribution is 1.02. The largest absolute Gasteiger partial charge is 0.383 e. The lowest BCUT2D eigenvalue weighted by Crippen LogP contribution is -2.06. The molecule has 4 N–H and O–H groups in total. The van der Waals surface area contributed by atoms with E-state index in [2.05, 4.69) is 15.0 Å². The van der Waals surface area contributed by atoms with Gasteiger partial charge in [0.05, 0.1) is 0 Å². The number of hydrogen-bond acceptors (Lipinski definition) is 5. The predicted molar refractivity (Wildman–Crippen MR) is 57.6 cm³/mol. The Balaban J connectivity index is 2.43. The van der Waals surface area contributed by atoms with Crippen LogP contribution in [0.15, 0.2) is 30.6 Å². The Kier molecular flexibility index (Phi) is 2.55. The molecule has 0 saturated carbocycles. The van der Waals surface area contributed by atoms with E-state index < -0.39 is 0 Å². The molecule has 0 aliphatic heterocycles. The second-order valence-electron chi connectivity index (χ2n) is 3.02. The molecular formula is C10H11N5. The minimum Gasteiger partial charge on any atom is -0.383 e. The summed E-state index contributed by atoms with van der Waals surface area (Å²) in [4.78, 5) is 12.4. The summed E-state index contributed by atoms with van der Waals surface area (Å²) in [7, 11) is 0. The van der Waals surface area contributed by atoms with Gasteiger partial charge >= 0.3 is 0 Å². The highest BCUT2D eigenvalue weighted by Gasteiger charge is 2.05. The molecular weight excluding hydrogens is 190 g/mol. The van der Waals surface area contributed by atoms with Crippen LogP contribution in [0.3, 0.4) is 0 Å². The highest BCUT2D eigenvalue weighted by atomic mass is 15.0. The summed E-state index contributed by atoms with van der Waals surface area (Å²) in [6.45, 7) is 0.342. The second kappa shape index (κ2) is 4.02. The van der Waals surface area contributed by atoms with Gasteiger partial charge in [0.1, 0.15) is 11.5 Å². The number of nitrogens with two attached hydrogens (primary N) is 2. The molecule has 0 unspecified atom stereocenters. The minimum absolute atomic E-state index is 0.342. The van der Waals surface area contributed by atoms with E-state index >= 15 is 0 Å². The van der Waals surface area contributed by atoms with Gasteiger partial charge in [-0.1, -0.05) is 6.07 Å². The maximum absolute atomic E-state index is 5.71. The average molecular weight is 201 g/mol. The van der Waals surface area contributed by atoms with Crippen LogP contribution < -0.4 is 11.5 Å². The SMILES string of the molecule is NCc1cnc(-c2ccccn2)nc1N. The molecule has 0 atom stereocenters. The topological polar surface area (TPSA) is 90.7 Å². The molecule has 76 valence electrons. The first-order chi connectivity index (χ1) is 7.31. The van der Waals surface area contributed by atoms with E-state index in [4.69, 9.17) is 11.5 Å². The summed E-state index contributed by atoms with van der Waals surface area (Å²) in [5.41, 5.74) is 12.6. The lowest BCUT2D eigenvalue weighted by atomic mass is 10.3. The molecule has 5 heteroatoms. The van der Waals surface area contributed by atoms with Gasteiger partial charge in [0.2, 0.25) is 0 Å². The van der Waals surface area contributed by atoms with Gasteiger partial charge in [-0.15, -0.1) is 0 Å². The summed E-state index contributed by atoms with van der Waals surface area (Å²) in [6, 6.07) is 5.54. The summed E-state index contributed by atoms with van der Waals surface area (Å²) in [6.07, 6.45) is 3.32. The van der Waals surface area contributed by atoms with Crippen LogP contribution in [0.2, 0.25) is 0 Å². The Bertz CT molecular complexity index is 455. The van der Waals surface area contributed by atoms with E-state index in [-0.39, 0.29) is 0 Å². The van der Waals surface area contributed by atoms with Crippen molar-refractivity contribution in [2.24, 2.45) is 5.73 Å². The Morgan fingerprint density at radius 3 is 2.67 bits per heavy atom. The van der Waals surface area contributed by atoms with Crippen molar-refractivity contribution in [3.63, 3.8) is 0 Å². The molecule has 0 saturated heterocycles. The molecule has 0 aromatic carbocycles. The van der Waals surface area contributed by atoms with Crippen molar-refractivity contribution in [1.29, 1.82) is 0 Å². The van der Waals surface area contributed by atoms with E-state index in [1.807, 2.05) is 18.2 Å². The maximum Gasteiger partial charge on any atom is 0.180 e. The van der Waals surface area contributed by atoms with Crippen molar-refractivity contribution in [2.75, 3.05) is 5.73 Å². The van der Waals surface area contributed by atoms with Gasteiger partial charge in [0.25, 0.3) is 0 Å². The van der Waals surface area contributed by atoms with Crippen molar-refractivity contribution in [3.05, 3.63) is 36.2 Å². The zero-order chi connectivity index (χ0) is 10.7. The molecule has 0 fully saturated rings. The normalized spacial score (nSPS) is 10.2. The summed E-state index contributed by atoms with van der Waals surface area (Å²) in [5.74, 6) is 0.929. The molecule has 2 heterocycles. The fourth-order valence-electron chi connectivity index (χ4n) is 1.20. The standard InChI is InChI=1S/C10H11N5/c11-5-7-6-14-10(15-9(7)12)8-3-1-2-4-13-8/h1-4,6H,5,11H2,(H2,12,14,15). The van der Waals surface area contributed by atoms with Crippen LogP contribution in [0.25, 0.3) is 11.5 Å². The minimum atomic E-state index is 0.342. The van der Waals surface area contributed by atoms with Gasteiger partial charge in [-0.2, -0.15) is 0 Å². The summed E-state index contributed by atoms with van der Waals surface area (Å²) >= 11 is 0. The lowest BCUT2D eigenvalue weighted by Gasteiger charge is -2.03. The summed E-state index contributed by atoms with van der Waals surface area (Å²) < 4.78 is 0. The first-order valence-electron chi connectivity index (χ1n) is 4.54. The van der Waals surface area contributed by atoms with Crippen LogP contribution in [0.5, 0.6) is 0 Å². The number of nitrogens with zero attached hydrogens (tertiary/aromatic N) is 3. The maximum atomic E-state index is 5.71. The second-order valence-corrected chi connectivity index (χ2v) is 3.02. The van der Waals surface area contributed by atoms with Crippen LogP contribution in [0.4, 0.5) is 5.82 Å². The van der Waals surface area contributed by atoms with Gasteiger partial charge < -0.3 is 11.5 Å².